The third-order valence-corrected chi connectivity index (χ3v) is 4.38. The van der Waals surface area contributed by atoms with Crippen LogP contribution in [0.15, 0.2) is 48.5 Å². The molecule has 4 rings (SSSR count). The second kappa shape index (κ2) is 5.50. The summed E-state index contributed by atoms with van der Waals surface area (Å²) in [6, 6.07) is 17.2. The molecule has 1 aromatic heterocycles. The molecule has 22 heavy (non-hydrogen) atoms. The minimum Gasteiger partial charge on any atom is -0.494 e. The Morgan fingerprint density at radius 2 is 1.91 bits per heavy atom. The summed E-state index contributed by atoms with van der Waals surface area (Å²) in [6.45, 7) is 3.72. The zero-order valence-corrected chi connectivity index (χ0v) is 12.7. The standard InChI is InChI=1S/C19H20N2O/c1-2-22-14-9-7-13(8-10-14)18-19-16(11-12-20-18)15-5-3-4-6-17(15)21-19/h3-10,18,20-21H,2,11-12H2,1H3/t18-/m1/s1. The van der Waals surface area contributed by atoms with Gasteiger partial charge in [-0.25, -0.2) is 0 Å². The van der Waals surface area contributed by atoms with Crippen molar-refractivity contribution in [2.45, 2.75) is 19.4 Å². The smallest absolute Gasteiger partial charge is 0.119 e. The molecule has 1 aliphatic rings. The van der Waals surface area contributed by atoms with E-state index < -0.39 is 0 Å². The molecular formula is C19H20N2O. The highest BCUT2D eigenvalue weighted by atomic mass is 16.5. The summed E-state index contributed by atoms with van der Waals surface area (Å²) in [6.07, 6.45) is 1.08. The number of rotatable bonds is 3. The SMILES string of the molecule is CCOc1ccc([C@H]2NCCc3c2[nH]c2ccccc32)cc1. The lowest BCUT2D eigenvalue weighted by molar-refractivity contribution is 0.340. The van der Waals surface area contributed by atoms with Crippen LogP contribution in [0.2, 0.25) is 0 Å². The lowest BCUT2D eigenvalue weighted by Crippen LogP contribution is -2.30. The van der Waals surface area contributed by atoms with E-state index in [0.717, 1.165) is 18.7 Å². The first kappa shape index (κ1) is 13.4. The molecule has 0 radical (unpaired) electrons. The average Bonchev–Trinajstić information content (AvgIpc) is 2.95. The van der Waals surface area contributed by atoms with Crippen LogP contribution in [0.5, 0.6) is 5.75 Å². The first-order chi connectivity index (χ1) is 10.9. The summed E-state index contributed by atoms with van der Waals surface area (Å²) in [5, 5.41) is 4.99. The summed E-state index contributed by atoms with van der Waals surface area (Å²) in [5.41, 5.74) is 5.26. The van der Waals surface area contributed by atoms with Crippen molar-refractivity contribution in [1.82, 2.24) is 10.3 Å². The molecule has 1 atom stereocenters. The van der Waals surface area contributed by atoms with Gasteiger partial charge in [-0.1, -0.05) is 30.3 Å². The zero-order valence-electron chi connectivity index (χ0n) is 12.7. The van der Waals surface area contributed by atoms with Crippen molar-refractivity contribution in [1.29, 1.82) is 0 Å². The van der Waals surface area contributed by atoms with Gasteiger partial charge < -0.3 is 15.0 Å². The second-order valence-corrected chi connectivity index (χ2v) is 5.70. The molecule has 2 aromatic carbocycles. The molecule has 0 amide bonds. The van der Waals surface area contributed by atoms with Crippen molar-refractivity contribution in [2.24, 2.45) is 0 Å². The Bertz CT molecular complexity index is 789. The third kappa shape index (κ3) is 2.18. The normalized spacial score (nSPS) is 17.4. The van der Waals surface area contributed by atoms with E-state index in [1.807, 2.05) is 6.92 Å². The van der Waals surface area contributed by atoms with E-state index in [0.29, 0.717) is 6.61 Å². The van der Waals surface area contributed by atoms with Crippen LogP contribution in [0.4, 0.5) is 0 Å². The van der Waals surface area contributed by atoms with Gasteiger partial charge >= 0.3 is 0 Å². The number of nitrogens with one attached hydrogen (secondary N) is 2. The van der Waals surface area contributed by atoms with Crippen molar-refractivity contribution in [3.05, 3.63) is 65.4 Å². The number of H-pyrrole nitrogens is 1. The summed E-state index contributed by atoms with van der Waals surface area (Å²) < 4.78 is 5.54. The Labute approximate surface area is 130 Å². The van der Waals surface area contributed by atoms with Crippen LogP contribution in [0.25, 0.3) is 10.9 Å². The van der Waals surface area contributed by atoms with Crippen molar-refractivity contribution in [2.75, 3.05) is 13.2 Å². The van der Waals surface area contributed by atoms with Gasteiger partial charge in [0.1, 0.15) is 5.75 Å². The topological polar surface area (TPSA) is 37.0 Å². The van der Waals surface area contributed by atoms with E-state index >= 15 is 0 Å². The van der Waals surface area contributed by atoms with Crippen molar-refractivity contribution >= 4 is 10.9 Å². The van der Waals surface area contributed by atoms with Gasteiger partial charge in [-0.3, -0.25) is 0 Å². The van der Waals surface area contributed by atoms with E-state index in [2.05, 4.69) is 58.8 Å². The van der Waals surface area contributed by atoms with E-state index in [1.165, 1.54) is 27.7 Å². The lowest BCUT2D eigenvalue weighted by atomic mass is 9.94. The number of aromatic amines is 1. The van der Waals surface area contributed by atoms with Gasteiger partial charge in [-0.2, -0.15) is 0 Å². The number of hydrogen-bond donors (Lipinski definition) is 2. The number of para-hydroxylation sites is 1. The molecule has 0 fully saturated rings. The molecule has 2 N–H and O–H groups in total. The zero-order chi connectivity index (χ0) is 14.9. The van der Waals surface area contributed by atoms with E-state index in [4.69, 9.17) is 4.74 Å². The Balaban J connectivity index is 1.75. The van der Waals surface area contributed by atoms with Gasteiger partial charge in [0.15, 0.2) is 0 Å². The molecule has 3 heteroatoms. The molecule has 1 aliphatic heterocycles. The largest absolute Gasteiger partial charge is 0.494 e. The number of ether oxygens (including phenoxy) is 1. The van der Waals surface area contributed by atoms with Crippen LogP contribution in [-0.4, -0.2) is 18.1 Å². The molecule has 112 valence electrons. The minimum absolute atomic E-state index is 0.229. The predicted molar refractivity (Wildman–Crippen MR) is 89.5 cm³/mol. The van der Waals surface area contributed by atoms with E-state index in [-0.39, 0.29) is 6.04 Å². The van der Waals surface area contributed by atoms with Gasteiger partial charge in [0.2, 0.25) is 0 Å². The third-order valence-electron chi connectivity index (χ3n) is 4.38. The predicted octanol–water partition coefficient (Wildman–Crippen LogP) is 3.80. The molecule has 0 saturated heterocycles. The highest BCUT2D eigenvalue weighted by Crippen LogP contribution is 2.33. The summed E-state index contributed by atoms with van der Waals surface area (Å²) in [5.74, 6) is 0.930. The fourth-order valence-corrected chi connectivity index (χ4v) is 3.39. The van der Waals surface area contributed by atoms with Gasteiger partial charge in [-0.15, -0.1) is 0 Å². The van der Waals surface area contributed by atoms with E-state index in [9.17, 15) is 0 Å². The van der Waals surface area contributed by atoms with Gasteiger partial charge in [0.05, 0.1) is 12.6 Å². The molecule has 0 bridgehead atoms. The maximum atomic E-state index is 5.54. The van der Waals surface area contributed by atoms with Crippen LogP contribution in [-0.2, 0) is 6.42 Å². The molecule has 2 heterocycles. The fourth-order valence-electron chi connectivity index (χ4n) is 3.39. The number of benzene rings is 2. The molecular weight excluding hydrogens is 272 g/mol. The maximum Gasteiger partial charge on any atom is 0.119 e. The van der Waals surface area contributed by atoms with Crippen LogP contribution in [0.3, 0.4) is 0 Å². The van der Waals surface area contributed by atoms with Crippen LogP contribution in [0, 0.1) is 0 Å². The number of aromatic nitrogens is 1. The van der Waals surface area contributed by atoms with Crippen molar-refractivity contribution in [3.63, 3.8) is 0 Å². The van der Waals surface area contributed by atoms with Gasteiger partial charge in [-0.05, 0) is 42.7 Å². The molecule has 0 spiro atoms. The van der Waals surface area contributed by atoms with Crippen LogP contribution >= 0.6 is 0 Å². The molecule has 3 aromatic rings. The van der Waals surface area contributed by atoms with Crippen LogP contribution < -0.4 is 10.1 Å². The maximum absolute atomic E-state index is 5.54. The monoisotopic (exact) mass is 292 g/mol. The highest BCUT2D eigenvalue weighted by Gasteiger charge is 2.24. The fraction of sp³-hybridized carbons (Fsp3) is 0.263. The summed E-state index contributed by atoms with van der Waals surface area (Å²) >= 11 is 0. The molecule has 0 unspecified atom stereocenters. The number of fused-ring (bicyclic) bond motifs is 3. The van der Waals surface area contributed by atoms with Gasteiger partial charge in [0.25, 0.3) is 0 Å². The Hall–Kier alpha value is -2.26. The second-order valence-electron chi connectivity index (χ2n) is 5.70. The minimum atomic E-state index is 0.229. The molecule has 3 nitrogen and oxygen atoms in total. The average molecular weight is 292 g/mol. The van der Waals surface area contributed by atoms with Crippen LogP contribution in [0.1, 0.15) is 29.8 Å². The van der Waals surface area contributed by atoms with Gasteiger partial charge in [0, 0.05) is 23.1 Å². The van der Waals surface area contributed by atoms with Crippen molar-refractivity contribution < 1.29 is 4.74 Å². The van der Waals surface area contributed by atoms with E-state index in [1.54, 1.807) is 0 Å². The Morgan fingerprint density at radius 3 is 2.73 bits per heavy atom. The van der Waals surface area contributed by atoms with Crippen molar-refractivity contribution in [3.8, 4) is 5.75 Å². The number of hydrogen-bond acceptors (Lipinski definition) is 2. The first-order valence-corrected chi connectivity index (χ1v) is 7.92. The Kier molecular flexibility index (Phi) is 3.35. The first-order valence-electron chi connectivity index (χ1n) is 7.92. The summed E-state index contributed by atoms with van der Waals surface area (Å²) in [4.78, 5) is 3.61. The molecule has 0 saturated carbocycles. The quantitative estimate of drug-likeness (QED) is 0.770. The highest BCUT2D eigenvalue weighted by molar-refractivity contribution is 5.85. The summed E-state index contributed by atoms with van der Waals surface area (Å²) in [7, 11) is 0. The Morgan fingerprint density at radius 1 is 1.09 bits per heavy atom. The molecule has 0 aliphatic carbocycles. The lowest BCUT2D eigenvalue weighted by Gasteiger charge is -2.25.